The third-order valence-electron chi connectivity index (χ3n) is 6.83. The molecule has 0 heterocycles. The number of carbonyl (C=O) groups excluding carboxylic acids is 2. The molecular formula is C31H60O5. The summed E-state index contributed by atoms with van der Waals surface area (Å²) in [6.07, 6.45) is 24.5. The summed E-state index contributed by atoms with van der Waals surface area (Å²) in [5, 5.41) is 9.45. The van der Waals surface area contributed by atoms with Crippen molar-refractivity contribution in [1.29, 1.82) is 0 Å². The highest BCUT2D eigenvalue weighted by Gasteiger charge is 2.16. The van der Waals surface area contributed by atoms with Crippen LogP contribution in [0.3, 0.4) is 0 Å². The van der Waals surface area contributed by atoms with E-state index in [1.807, 2.05) is 0 Å². The maximum Gasteiger partial charge on any atom is 0.306 e. The van der Waals surface area contributed by atoms with E-state index in [0.29, 0.717) is 12.8 Å². The highest BCUT2D eigenvalue weighted by atomic mass is 16.6. The fourth-order valence-electron chi connectivity index (χ4n) is 4.44. The van der Waals surface area contributed by atoms with Crippen LogP contribution in [0, 0.1) is 5.92 Å². The highest BCUT2D eigenvalue weighted by Crippen LogP contribution is 2.14. The van der Waals surface area contributed by atoms with Crippen LogP contribution in [0.4, 0.5) is 0 Å². The zero-order valence-corrected chi connectivity index (χ0v) is 24.2. The van der Waals surface area contributed by atoms with Crippen molar-refractivity contribution in [2.24, 2.45) is 5.92 Å². The molecule has 0 spiro atoms. The Morgan fingerprint density at radius 1 is 0.611 bits per heavy atom. The molecule has 0 aliphatic rings. The van der Waals surface area contributed by atoms with Crippen molar-refractivity contribution < 1.29 is 24.2 Å². The summed E-state index contributed by atoms with van der Waals surface area (Å²) < 4.78 is 10.5. The molecule has 36 heavy (non-hydrogen) atoms. The van der Waals surface area contributed by atoms with E-state index in [0.717, 1.165) is 44.4 Å². The van der Waals surface area contributed by atoms with Gasteiger partial charge < -0.3 is 14.6 Å². The van der Waals surface area contributed by atoms with Gasteiger partial charge in [0.1, 0.15) is 6.61 Å². The molecule has 1 N–H and O–H groups in total. The van der Waals surface area contributed by atoms with Gasteiger partial charge >= 0.3 is 11.9 Å². The largest absolute Gasteiger partial charge is 0.462 e. The van der Waals surface area contributed by atoms with Gasteiger partial charge in [-0.1, -0.05) is 136 Å². The quantitative estimate of drug-likeness (QED) is 0.0880. The van der Waals surface area contributed by atoms with Crippen LogP contribution in [-0.2, 0) is 19.1 Å². The number of carbonyl (C=O) groups is 2. The minimum atomic E-state index is -0.760. The zero-order chi connectivity index (χ0) is 26.7. The van der Waals surface area contributed by atoms with E-state index >= 15 is 0 Å². The first kappa shape index (κ1) is 34.9. The molecule has 0 unspecified atom stereocenters. The molecule has 0 rings (SSSR count). The lowest BCUT2D eigenvalue weighted by Gasteiger charge is -2.15. The maximum absolute atomic E-state index is 12.0. The summed E-state index contributed by atoms with van der Waals surface area (Å²) in [6.45, 7) is 6.39. The summed E-state index contributed by atoms with van der Waals surface area (Å²) in [6, 6.07) is 0. The van der Waals surface area contributed by atoms with E-state index in [1.54, 1.807) is 0 Å². The van der Waals surface area contributed by atoms with Gasteiger partial charge in [0.25, 0.3) is 0 Å². The number of aliphatic hydroxyl groups is 1. The van der Waals surface area contributed by atoms with Gasteiger partial charge in [0.15, 0.2) is 6.10 Å². The maximum atomic E-state index is 12.0. The second-order valence-electron chi connectivity index (χ2n) is 11.0. The van der Waals surface area contributed by atoms with Crippen molar-refractivity contribution in [3.63, 3.8) is 0 Å². The molecule has 0 aliphatic carbocycles. The molecule has 0 aromatic carbocycles. The van der Waals surface area contributed by atoms with Gasteiger partial charge in [-0.25, -0.2) is 0 Å². The average molecular weight is 513 g/mol. The van der Waals surface area contributed by atoms with E-state index in [2.05, 4.69) is 20.8 Å². The Labute approximate surface area is 223 Å². The summed E-state index contributed by atoms with van der Waals surface area (Å²) in [7, 11) is 0. The molecule has 0 fully saturated rings. The van der Waals surface area contributed by atoms with Crippen molar-refractivity contribution >= 4 is 11.9 Å². The van der Waals surface area contributed by atoms with Gasteiger partial charge in [-0.2, -0.15) is 0 Å². The minimum Gasteiger partial charge on any atom is -0.462 e. The van der Waals surface area contributed by atoms with Crippen LogP contribution >= 0.6 is 0 Å². The smallest absolute Gasteiger partial charge is 0.306 e. The fraction of sp³-hybridized carbons (Fsp3) is 0.935. The topological polar surface area (TPSA) is 72.8 Å². The second-order valence-corrected chi connectivity index (χ2v) is 11.0. The zero-order valence-electron chi connectivity index (χ0n) is 24.2. The molecule has 0 amide bonds. The van der Waals surface area contributed by atoms with Gasteiger partial charge in [0.2, 0.25) is 0 Å². The van der Waals surface area contributed by atoms with Crippen molar-refractivity contribution in [3.8, 4) is 0 Å². The summed E-state index contributed by atoms with van der Waals surface area (Å²) >= 11 is 0. The molecule has 0 aromatic rings. The highest BCUT2D eigenvalue weighted by molar-refractivity contribution is 5.70. The third-order valence-corrected chi connectivity index (χ3v) is 6.83. The van der Waals surface area contributed by atoms with Gasteiger partial charge in [-0.3, -0.25) is 9.59 Å². The molecular weight excluding hydrogens is 452 g/mol. The van der Waals surface area contributed by atoms with Crippen LogP contribution in [0.2, 0.25) is 0 Å². The average Bonchev–Trinajstić information content (AvgIpc) is 2.85. The van der Waals surface area contributed by atoms with Gasteiger partial charge in [0.05, 0.1) is 6.61 Å². The molecule has 5 nitrogen and oxygen atoms in total. The number of aliphatic hydroxyl groups excluding tert-OH is 1. The lowest BCUT2D eigenvalue weighted by Crippen LogP contribution is -2.28. The van der Waals surface area contributed by atoms with Crippen molar-refractivity contribution in [2.45, 2.75) is 168 Å². The first-order valence-electron chi connectivity index (χ1n) is 15.5. The van der Waals surface area contributed by atoms with Crippen molar-refractivity contribution in [2.75, 3.05) is 13.2 Å². The molecule has 1 atom stereocenters. The van der Waals surface area contributed by atoms with Crippen LogP contribution < -0.4 is 0 Å². The molecule has 0 radical (unpaired) electrons. The number of esters is 2. The lowest BCUT2D eigenvalue weighted by molar-refractivity contribution is -0.161. The first-order chi connectivity index (χ1) is 17.5. The Morgan fingerprint density at radius 2 is 1.03 bits per heavy atom. The summed E-state index contributed by atoms with van der Waals surface area (Å²) in [5.41, 5.74) is 0. The second kappa shape index (κ2) is 26.9. The summed E-state index contributed by atoms with van der Waals surface area (Å²) in [4.78, 5) is 24.0. The molecule has 0 saturated carbocycles. The van der Waals surface area contributed by atoms with Crippen LogP contribution in [0.1, 0.15) is 162 Å². The minimum absolute atomic E-state index is 0.0606. The lowest BCUT2D eigenvalue weighted by atomic mass is 10.0. The Morgan fingerprint density at radius 3 is 1.47 bits per heavy atom. The summed E-state index contributed by atoms with van der Waals surface area (Å²) in [5.74, 6) is 0.187. The van der Waals surface area contributed by atoms with Crippen molar-refractivity contribution in [3.05, 3.63) is 0 Å². The molecule has 0 aromatic heterocycles. The third kappa shape index (κ3) is 26.0. The van der Waals surface area contributed by atoms with Crippen LogP contribution in [0.25, 0.3) is 0 Å². The van der Waals surface area contributed by atoms with Crippen LogP contribution in [0.5, 0.6) is 0 Å². The number of unbranched alkanes of at least 4 members (excludes halogenated alkanes) is 17. The van der Waals surface area contributed by atoms with Gasteiger partial charge in [0, 0.05) is 12.8 Å². The number of hydrogen-bond donors (Lipinski definition) is 1. The van der Waals surface area contributed by atoms with E-state index in [4.69, 9.17) is 9.47 Å². The monoisotopic (exact) mass is 512 g/mol. The van der Waals surface area contributed by atoms with Crippen LogP contribution in [-0.4, -0.2) is 36.4 Å². The number of hydrogen-bond acceptors (Lipinski definition) is 5. The predicted octanol–water partition coefficient (Wildman–Crippen LogP) is 8.69. The van der Waals surface area contributed by atoms with Gasteiger partial charge in [-0.05, 0) is 18.8 Å². The fourth-order valence-corrected chi connectivity index (χ4v) is 4.44. The molecule has 214 valence electrons. The first-order valence-corrected chi connectivity index (χ1v) is 15.5. The van der Waals surface area contributed by atoms with E-state index in [-0.39, 0.29) is 25.2 Å². The normalized spacial score (nSPS) is 12.1. The molecule has 0 aliphatic heterocycles. The molecule has 0 bridgehead atoms. The predicted molar refractivity (Wildman–Crippen MR) is 150 cm³/mol. The Bertz CT molecular complexity index is 491. The molecule has 0 saturated heterocycles. The van der Waals surface area contributed by atoms with E-state index in [1.165, 1.54) is 89.9 Å². The number of ether oxygens (including phenoxy) is 2. The SMILES string of the molecule is CCCCCCCCCCCCCCCC(=O)O[C@@H](CO)COC(=O)CCCCCCCCC(C)C. The Hall–Kier alpha value is -1.10. The Balaban J connectivity index is 3.57. The van der Waals surface area contributed by atoms with E-state index < -0.39 is 6.10 Å². The number of rotatable bonds is 27. The van der Waals surface area contributed by atoms with Crippen LogP contribution in [0.15, 0.2) is 0 Å². The van der Waals surface area contributed by atoms with Crippen molar-refractivity contribution in [1.82, 2.24) is 0 Å². The molecule has 5 heteroatoms. The standard InChI is InChI=1S/C31H60O5/c1-4-5-6-7-8-9-10-11-12-13-14-19-22-25-31(34)36-29(26-32)27-35-30(33)24-21-18-16-15-17-20-23-28(2)3/h28-29,32H,4-27H2,1-3H3/t29-/m0/s1. The Kier molecular flexibility index (Phi) is 26.1. The van der Waals surface area contributed by atoms with Gasteiger partial charge in [-0.15, -0.1) is 0 Å². The van der Waals surface area contributed by atoms with E-state index in [9.17, 15) is 14.7 Å².